The standard InChI is InChI=1S/C30H42O5Si/c1-10-11-12-16-21-30(28(31)33-8,29(32)34-9)22-27(20-19-26-17-14-13-15-18-26)35-36(23(2)3,24(4)5)25(6)7/h10-11,13-15,17-20,22-25H,21H2,1-9H3/b11-10+,20-19+,27-22-. The van der Waals surface area contributed by atoms with E-state index in [0.29, 0.717) is 5.76 Å². The maximum Gasteiger partial charge on any atom is 0.328 e. The maximum absolute atomic E-state index is 13.2. The fourth-order valence-corrected chi connectivity index (χ4v) is 9.99. The van der Waals surface area contributed by atoms with Crippen molar-refractivity contribution in [3.8, 4) is 11.8 Å². The summed E-state index contributed by atoms with van der Waals surface area (Å²) >= 11 is 0. The highest BCUT2D eigenvalue weighted by molar-refractivity contribution is 6.77. The molecular formula is C30H42O5Si. The van der Waals surface area contributed by atoms with Crippen LogP contribution in [0.1, 0.15) is 60.5 Å². The molecule has 196 valence electrons. The Morgan fingerprint density at radius 2 is 1.47 bits per heavy atom. The molecule has 0 aliphatic rings. The van der Waals surface area contributed by atoms with E-state index in [-0.39, 0.29) is 23.0 Å². The van der Waals surface area contributed by atoms with Gasteiger partial charge in [-0.3, -0.25) is 9.59 Å². The zero-order valence-electron chi connectivity index (χ0n) is 23.3. The van der Waals surface area contributed by atoms with Gasteiger partial charge in [0.15, 0.2) is 5.41 Å². The molecule has 0 saturated carbocycles. The molecule has 0 aliphatic heterocycles. The molecule has 0 saturated heterocycles. The highest BCUT2D eigenvalue weighted by Gasteiger charge is 2.50. The Hall–Kier alpha value is -3.04. The number of methoxy groups -OCH3 is 2. The fourth-order valence-electron chi connectivity index (χ4n) is 4.75. The molecule has 1 aromatic carbocycles. The number of carbonyl (C=O) groups is 2. The molecule has 36 heavy (non-hydrogen) atoms. The van der Waals surface area contributed by atoms with E-state index in [1.54, 1.807) is 18.2 Å². The zero-order chi connectivity index (χ0) is 27.4. The number of hydrogen-bond donors (Lipinski definition) is 0. The van der Waals surface area contributed by atoms with Crippen LogP contribution in [0.3, 0.4) is 0 Å². The van der Waals surface area contributed by atoms with Crippen LogP contribution in [0.5, 0.6) is 0 Å². The van der Waals surface area contributed by atoms with E-state index in [4.69, 9.17) is 13.9 Å². The first-order chi connectivity index (χ1) is 17.0. The smallest absolute Gasteiger partial charge is 0.328 e. The molecule has 0 radical (unpaired) electrons. The minimum absolute atomic E-state index is 0.109. The van der Waals surface area contributed by atoms with Gasteiger partial charge in [-0.1, -0.05) is 95.9 Å². The second-order valence-corrected chi connectivity index (χ2v) is 15.0. The van der Waals surface area contributed by atoms with Crippen LogP contribution in [0.25, 0.3) is 6.08 Å². The van der Waals surface area contributed by atoms with Gasteiger partial charge in [0.25, 0.3) is 8.32 Å². The molecule has 0 heterocycles. The van der Waals surface area contributed by atoms with Gasteiger partial charge in [0.1, 0.15) is 5.76 Å². The minimum Gasteiger partial charge on any atom is -0.543 e. The first-order valence-electron chi connectivity index (χ1n) is 12.4. The summed E-state index contributed by atoms with van der Waals surface area (Å²) in [4.78, 5) is 26.3. The molecule has 0 N–H and O–H groups in total. The molecule has 0 aliphatic carbocycles. The first-order valence-corrected chi connectivity index (χ1v) is 14.6. The largest absolute Gasteiger partial charge is 0.543 e. The number of rotatable bonds is 11. The maximum atomic E-state index is 13.2. The van der Waals surface area contributed by atoms with Crippen LogP contribution in [0, 0.1) is 17.3 Å². The average molecular weight is 511 g/mol. The van der Waals surface area contributed by atoms with Crippen LogP contribution in [0.15, 0.2) is 60.4 Å². The van der Waals surface area contributed by atoms with Crippen molar-refractivity contribution in [2.24, 2.45) is 5.41 Å². The van der Waals surface area contributed by atoms with Crippen molar-refractivity contribution in [3.05, 3.63) is 66.0 Å². The highest BCUT2D eigenvalue weighted by atomic mass is 28.4. The molecule has 0 aromatic heterocycles. The van der Waals surface area contributed by atoms with Crippen LogP contribution in [0.2, 0.25) is 16.6 Å². The monoisotopic (exact) mass is 510 g/mol. The molecule has 1 aromatic rings. The summed E-state index contributed by atoms with van der Waals surface area (Å²) in [5.74, 6) is 4.72. The summed E-state index contributed by atoms with van der Waals surface area (Å²) in [5, 5.41) is 0. The van der Waals surface area contributed by atoms with E-state index in [2.05, 4.69) is 53.4 Å². The minimum atomic E-state index is -2.43. The number of hydrogen-bond acceptors (Lipinski definition) is 5. The van der Waals surface area contributed by atoms with Gasteiger partial charge in [-0.25, -0.2) is 0 Å². The van der Waals surface area contributed by atoms with Gasteiger partial charge < -0.3 is 13.9 Å². The molecule has 0 bridgehead atoms. The van der Waals surface area contributed by atoms with Crippen molar-refractivity contribution < 1.29 is 23.5 Å². The van der Waals surface area contributed by atoms with Crippen molar-refractivity contribution in [3.63, 3.8) is 0 Å². The second-order valence-electron chi connectivity index (χ2n) is 9.66. The molecule has 0 atom stereocenters. The third kappa shape index (κ3) is 7.48. The van der Waals surface area contributed by atoms with Gasteiger partial charge in [-0.2, -0.15) is 0 Å². The zero-order valence-corrected chi connectivity index (χ0v) is 24.3. The van der Waals surface area contributed by atoms with E-state index in [1.165, 1.54) is 14.2 Å². The third-order valence-corrected chi connectivity index (χ3v) is 12.5. The van der Waals surface area contributed by atoms with Gasteiger partial charge in [-0.05, 0) is 47.3 Å². The van der Waals surface area contributed by atoms with Crippen molar-refractivity contribution in [2.45, 2.75) is 71.5 Å². The Kier molecular flexibility index (Phi) is 12.5. The Bertz CT molecular complexity index is 969. The van der Waals surface area contributed by atoms with Crippen molar-refractivity contribution in [1.29, 1.82) is 0 Å². The highest BCUT2D eigenvalue weighted by Crippen LogP contribution is 2.44. The number of benzene rings is 1. The summed E-state index contributed by atoms with van der Waals surface area (Å²) in [6.07, 6.45) is 8.61. The van der Waals surface area contributed by atoms with Gasteiger partial charge in [-0.15, -0.1) is 0 Å². The molecule has 5 nitrogen and oxygen atoms in total. The van der Waals surface area contributed by atoms with E-state index in [1.807, 2.05) is 49.4 Å². The second kappa shape index (κ2) is 14.5. The topological polar surface area (TPSA) is 61.8 Å². The van der Waals surface area contributed by atoms with Crippen molar-refractivity contribution in [1.82, 2.24) is 0 Å². The summed E-state index contributed by atoms with van der Waals surface area (Å²) in [6.45, 7) is 14.9. The van der Waals surface area contributed by atoms with E-state index in [9.17, 15) is 9.59 Å². The van der Waals surface area contributed by atoms with Gasteiger partial charge >= 0.3 is 11.9 Å². The third-order valence-electron chi connectivity index (χ3n) is 6.45. The van der Waals surface area contributed by atoms with Gasteiger partial charge in [0.05, 0.1) is 14.2 Å². The fraction of sp³-hybridized carbons (Fsp3) is 0.467. The van der Waals surface area contributed by atoms with Gasteiger partial charge in [0, 0.05) is 6.42 Å². The predicted octanol–water partition coefficient (Wildman–Crippen LogP) is 7.08. The average Bonchev–Trinajstić information content (AvgIpc) is 2.86. The number of ether oxygens (including phenoxy) is 2. The predicted molar refractivity (Wildman–Crippen MR) is 149 cm³/mol. The Balaban J connectivity index is 3.91. The first kappa shape index (κ1) is 31.0. The van der Waals surface area contributed by atoms with Crippen molar-refractivity contribution >= 4 is 26.3 Å². The molecular weight excluding hydrogens is 468 g/mol. The number of allylic oxidation sites excluding steroid dienone is 3. The molecule has 0 amide bonds. The van der Waals surface area contributed by atoms with E-state index in [0.717, 1.165) is 5.56 Å². The molecule has 0 fully saturated rings. The van der Waals surface area contributed by atoms with Crippen molar-refractivity contribution in [2.75, 3.05) is 14.2 Å². The summed E-state index contributed by atoms with van der Waals surface area (Å²) < 4.78 is 17.1. The van der Waals surface area contributed by atoms with Gasteiger partial charge in [0.2, 0.25) is 0 Å². The lowest BCUT2D eigenvalue weighted by Gasteiger charge is -2.43. The van der Waals surface area contributed by atoms with Crippen LogP contribution >= 0.6 is 0 Å². The molecule has 1 rings (SSSR count). The lowest BCUT2D eigenvalue weighted by Crippen LogP contribution is -2.48. The quantitative estimate of drug-likeness (QED) is 0.0795. The lowest BCUT2D eigenvalue weighted by atomic mass is 9.83. The number of esters is 2. The normalized spacial score (nSPS) is 12.8. The molecule has 6 heteroatoms. The van der Waals surface area contributed by atoms with Crippen LogP contribution < -0.4 is 0 Å². The van der Waals surface area contributed by atoms with Crippen LogP contribution in [0.4, 0.5) is 0 Å². The van der Waals surface area contributed by atoms with E-state index < -0.39 is 25.7 Å². The lowest BCUT2D eigenvalue weighted by molar-refractivity contribution is -0.164. The molecule has 0 spiro atoms. The van der Waals surface area contributed by atoms with Crippen LogP contribution in [-0.2, 0) is 23.5 Å². The summed E-state index contributed by atoms with van der Waals surface area (Å²) in [5.41, 5.74) is 0.0375. The van der Waals surface area contributed by atoms with Crippen LogP contribution in [-0.4, -0.2) is 34.5 Å². The summed E-state index contributed by atoms with van der Waals surface area (Å²) in [6, 6.07) is 9.79. The Morgan fingerprint density at radius 1 is 0.944 bits per heavy atom. The Labute approximate surface area is 218 Å². The summed E-state index contributed by atoms with van der Waals surface area (Å²) in [7, 11) is 0.0725. The SMILES string of the molecule is C/C=C/C#CCC(/C=C(/C=C/c1ccccc1)O[Si](C(C)C)(C(C)C)C(C)C)(C(=O)OC)C(=O)OC. The Morgan fingerprint density at radius 3 is 1.92 bits per heavy atom. The number of carbonyl (C=O) groups excluding carboxylic acids is 2. The molecule has 0 unspecified atom stereocenters. The van der Waals surface area contributed by atoms with E-state index >= 15 is 0 Å².